The molecule has 5 aromatic rings. The van der Waals surface area contributed by atoms with Crippen LogP contribution in [0.15, 0.2) is 68.5 Å². The number of nitrogens with one attached hydrogen (secondary N) is 2. The Labute approximate surface area is 230 Å². The van der Waals surface area contributed by atoms with Crippen LogP contribution in [0.2, 0.25) is 0 Å². The molecule has 1 aliphatic rings. The van der Waals surface area contributed by atoms with E-state index in [1.807, 2.05) is 0 Å². The number of pyridine rings is 1. The highest BCUT2D eigenvalue weighted by Crippen LogP contribution is 2.30. The standard InChI is InChI=1S/C28H21FN6O6/c1-30-26(37)18-13-15(9-10-31-18)16-3-2-4-17(24(16)29)25-33-23(41-34-25)12-14-5-7-21-20(11-14)35(28(39)40-21)19-6-8-22(36)32-27(19)38/h2-5,7,9-11,13,19H,6,8,12H2,1H3,(H,30,37)(H,32,36,38). The highest BCUT2D eigenvalue weighted by Gasteiger charge is 2.31. The highest BCUT2D eigenvalue weighted by atomic mass is 19.1. The quantitative estimate of drug-likeness (QED) is 0.300. The first kappa shape index (κ1) is 25.8. The van der Waals surface area contributed by atoms with Crippen molar-refractivity contribution in [1.29, 1.82) is 0 Å². The number of fused-ring (bicyclic) bond motifs is 1. The molecule has 0 spiro atoms. The number of imide groups is 1. The zero-order chi connectivity index (χ0) is 28.7. The van der Waals surface area contributed by atoms with Crippen LogP contribution in [0.1, 0.15) is 40.8 Å². The number of amides is 3. The fraction of sp³-hybridized carbons (Fsp3) is 0.179. The average Bonchev–Trinajstić information content (AvgIpc) is 3.56. The maximum Gasteiger partial charge on any atom is 0.420 e. The van der Waals surface area contributed by atoms with Gasteiger partial charge in [0.15, 0.2) is 5.58 Å². The molecule has 206 valence electrons. The molecule has 3 aromatic heterocycles. The lowest BCUT2D eigenvalue weighted by Crippen LogP contribution is -2.43. The Hall–Kier alpha value is -5.46. The van der Waals surface area contributed by atoms with Crippen LogP contribution in [0.4, 0.5) is 4.39 Å². The van der Waals surface area contributed by atoms with Gasteiger partial charge in [0.1, 0.15) is 17.6 Å². The summed E-state index contributed by atoms with van der Waals surface area (Å²) < 4.78 is 27.5. The first-order valence-electron chi connectivity index (χ1n) is 12.6. The highest BCUT2D eigenvalue weighted by molar-refractivity contribution is 6.00. The van der Waals surface area contributed by atoms with Crippen molar-refractivity contribution in [3.8, 4) is 22.5 Å². The lowest BCUT2D eigenvalue weighted by molar-refractivity contribution is -0.135. The first-order chi connectivity index (χ1) is 19.8. The largest absolute Gasteiger partial charge is 0.420 e. The van der Waals surface area contributed by atoms with Gasteiger partial charge in [0.2, 0.25) is 23.5 Å². The SMILES string of the molecule is CNC(=O)c1cc(-c2cccc(-c3noc(Cc4ccc5oc(=O)n(C6CCC(=O)NC6=O)c5c4)n3)c2F)ccn1. The Balaban J connectivity index is 1.29. The Bertz CT molecular complexity index is 1910. The predicted octanol–water partition coefficient (Wildman–Crippen LogP) is 2.77. The number of hydrogen-bond acceptors (Lipinski definition) is 9. The number of piperidine rings is 1. The molecule has 0 aliphatic carbocycles. The van der Waals surface area contributed by atoms with Crippen molar-refractivity contribution in [3.63, 3.8) is 0 Å². The molecule has 4 heterocycles. The number of benzene rings is 2. The van der Waals surface area contributed by atoms with E-state index >= 15 is 4.39 Å². The van der Waals surface area contributed by atoms with E-state index in [4.69, 9.17) is 8.94 Å². The van der Waals surface area contributed by atoms with Gasteiger partial charge >= 0.3 is 5.76 Å². The maximum absolute atomic E-state index is 15.6. The molecule has 0 bridgehead atoms. The van der Waals surface area contributed by atoms with Crippen molar-refractivity contribution < 1.29 is 27.7 Å². The van der Waals surface area contributed by atoms with Crippen LogP contribution < -0.4 is 16.4 Å². The summed E-state index contributed by atoms with van der Waals surface area (Å²) in [6.07, 6.45) is 1.86. The van der Waals surface area contributed by atoms with E-state index in [-0.39, 0.29) is 53.4 Å². The summed E-state index contributed by atoms with van der Waals surface area (Å²) >= 11 is 0. The molecule has 12 nitrogen and oxygen atoms in total. The van der Waals surface area contributed by atoms with Gasteiger partial charge in [0, 0.05) is 25.2 Å². The van der Waals surface area contributed by atoms with Gasteiger partial charge in [-0.15, -0.1) is 0 Å². The predicted molar refractivity (Wildman–Crippen MR) is 141 cm³/mol. The Kier molecular flexibility index (Phi) is 6.46. The normalized spacial score (nSPS) is 15.2. The van der Waals surface area contributed by atoms with Crippen LogP contribution >= 0.6 is 0 Å². The minimum atomic E-state index is -0.880. The molecule has 41 heavy (non-hydrogen) atoms. The third kappa shape index (κ3) is 4.77. The van der Waals surface area contributed by atoms with Gasteiger partial charge in [-0.05, 0) is 47.9 Å². The summed E-state index contributed by atoms with van der Waals surface area (Å²) in [6, 6.07) is 11.9. The fourth-order valence-electron chi connectivity index (χ4n) is 4.80. The number of carbonyl (C=O) groups is 3. The smallest absolute Gasteiger partial charge is 0.408 e. The van der Waals surface area contributed by atoms with E-state index in [0.717, 1.165) is 0 Å². The van der Waals surface area contributed by atoms with Gasteiger partial charge in [-0.1, -0.05) is 23.4 Å². The minimum Gasteiger partial charge on any atom is -0.408 e. The summed E-state index contributed by atoms with van der Waals surface area (Å²) in [6.45, 7) is 0. The first-order valence-corrected chi connectivity index (χ1v) is 12.6. The molecule has 1 saturated heterocycles. The number of carbonyl (C=O) groups excluding carboxylic acids is 3. The third-order valence-corrected chi connectivity index (χ3v) is 6.79. The van der Waals surface area contributed by atoms with Crippen LogP contribution in [-0.4, -0.2) is 44.5 Å². The summed E-state index contributed by atoms with van der Waals surface area (Å²) in [5.41, 5.74) is 2.28. The number of nitrogens with zero attached hydrogens (tertiary/aromatic N) is 4. The molecule has 6 rings (SSSR count). The zero-order valence-corrected chi connectivity index (χ0v) is 21.5. The zero-order valence-electron chi connectivity index (χ0n) is 21.5. The average molecular weight is 557 g/mol. The Morgan fingerprint density at radius 3 is 2.78 bits per heavy atom. The van der Waals surface area contributed by atoms with Crippen LogP contribution in [0, 0.1) is 5.82 Å². The molecule has 1 unspecified atom stereocenters. The van der Waals surface area contributed by atoms with Crippen LogP contribution in [0.3, 0.4) is 0 Å². The Morgan fingerprint density at radius 2 is 1.98 bits per heavy atom. The molecule has 2 aromatic carbocycles. The van der Waals surface area contributed by atoms with Crippen molar-refractivity contribution in [2.24, 2.45) is 0 Å². The summed E-state index contributed by atoms with van der Waals surface area (Å²) in [5, 5.41) is 8.69. The van der Waals surface area contributed by atoms with Gasteiger partial charge < -0.3 is 14.3 Å². The van der Waals surface area contributed by atoms with Gasteiger partial charge in [0.25, 0.3) is 5.91 Å². The van der Waals surface area contributed by atoms with E-state index in [2.05, 4.69) is 25.8 Å². The molecule has 1 atom stereocenters. The second-order valence-corrected chi connectivity index (χ2v) is 9.37. The molecule has 1 fully saturated rings. The van der Waals surface area contributed by atoms with Crippen molar-refractivity contribution in [2.75, 3.05) is 7.05 Å². The van der Waals surface area contributed by atoms with Crippen molar-refractivity contribution in [1.82, 2.24) is 30.3 Å². The summed E-state index contributed by atoms with van der Waals surface area (Å²) in [4.78, 5) is 56.9. The number of halogens is 1. The topological polar surface area (TPSA) is 162 Å². The van der Waals surface area contributed by atoms with E-state index in [0.29, 0.717) is 16.6 Å². The van der Waals surface area contributed by atoms with Crippen LogP contribution in [0.5, 0.6) is 0 Å². The number of oxazole rings is 1. The fourth-order valence-corrected chi connectivity index (χ4v) is 4.80. The monoisotopic (exact) mass is 556 g/mol. The molecule has 13 heteroatoms. The van der Waals surface area contributed by atoms with Gasteiger partial charge in [-0.2, -0.15) is 4.98 Å². The molecular formula is C28H21FN6O6. The lowest BCUT2D eigenvalue weighted by Gasteiger charge is -2.21. The number of rotatable bonds is 6. The van der Waals surface area contributed by atoms with E-state index in [1.165, 1.54) is 29.9 Å². The minimum absolute atomic E-state index is 0.0322. The van der Waals surface area contributed by atoms with Crippen LogP contribution in [0.25, 0.3) is 33.6 Å². The van der Waals surface area contributed by atoms with E-state index in [1.54, 1.807) is 36.4 Å². The molecule has 0 saturated carbocycles. The van der Waals surface area contributed by atoms with Gasteiger partial charge in [0.05, 0.1) is 17.5 Å². The number of aromatic nitrogens is 4. The summed E-state index contributed by atoms with van der Waals surface area (Å²) in [5.74, 6) is -2.44. The molecule has 2 N–H and O–H groups in total. The van der Waals surface area contributed by atoms with E-state index in [9.17, 15) is 19.2 Å². The van der Waals surface area contributed by atoms with Gasteiger partial charge in [-0.25, -0.2) is 9.18 Å². The maximum atomic E-state index is 15.6. The number of hydrogen-bond donors (Lipinski definition) is 2. The molecule has 1 aliphatic heterocycles. The second kappa shape index (κ2) is 10.3. The van der Waals surface area contributed by atoms with Crippen LogP contribution in [-0.2, 0) is 16.0 Å². The van der Waals surface area contributed by atoms with E-state index < -0.39 is 35.3 Å². The lowest BCUT2D eigenvalue weighted by atomic mass is 10.0. The molecule has 3 amide bonds. The Morgan fingerprint density at radius 1 is 1.15 bits per heavy atom. The molecular weight excluding hydrogens is 535 g/mol. The van der Waals surface area contributed by atoms with Gasteiger partial charge in [-0.3, -0.25) is 29.3 Å². The molecule has 0 radical (unpaired) electrons. The third-order valence-electron chi connectivity index (χ3n) is 6.79. The second-order valence-electron chi connectivity index (χ2n) is 9.37. The van der Waals surface area contributed by atoms with Crippen molar-refractivity contribution >= 4 is 28.8 Å². The summed E-state index contributed by atoms with van der Waals surface area (Å²) in [7, 11) is 1.48. The van der Waals surface area contributed by atoms with Crippen molar-refractivity contribution in [3.05, 3.63) is 88.2 Å². The van der Waals surface area contributed by atoms with Crippen molar-refractivity contribution in [2.45, 2.75) is 25.3 Å².